The van der Waals surface area contributed by atoms with E-state index in [1.807, 2.05) is 30.3 Å². The lowest BCUT2D eigenvalue weighted by Gasteiger charge is -2.25. The zero-order chi connectivity index (χ0) is 16.2. The van der Waals surface area contributed by atoms with Crippen molar-refractivity contribution >= 4 is 5.69 Å². The number of ether oxygens (including phenoxy) is 3. The molecule has 3 rings (SSSR count). The lowest BCUT2D eigenvalue weighted by Crippen LogP contribution is -2.26. The molecule has 0 aliphatic carbocycles. The van der Waals surface area contributed by atoms with Crippen LogP contribution >= 0.6 is 0 Å². The summed E-state index contributed by atoms with van der Waals surface area (Å²) in [5.41, 5.74) is 2.26. The highest BCUT2D eigenvalue weighted by atomic mass is 16.7. The second kappa shape index (κ2) is 6.79. The number of hydrogen-bond donors (Lipinski definition) is 1. The highest BCUT2D eigenvalue weighted by Gasteiger charge is 2.16. The number of rotatable bonds is 6. The summed E-state index contributed by atoms with van der Waals surface area (Å²) in [6.07, 6.45) is 0. The summed E-state index contributed by atoms with van der Waals surface area (Å²) in [6, 6.07) is 14.4. The fourth-order valence-corrected chi connectivity index (χ4v) is 2.65. The lowest BCUT2D eigenvalue weighted by atomic mass is 10.1. The first-order valence-electron chi connectivity index (χ1n) is 7.61. The first kappa shape index (κ1) is 15.5. The average Bonchev–Trinajstić information content (AvgIpc) is 3.03. The van der Waals surface area contributed by atoms with Gasteiger partial charge in [0.05, 0.1) is 13.2 Å². The van der Waals surface area contributed by atoms with Gasteiger partial charge in [0.2, 0.25) is 6.79 Å². The van der Waals surface area contributed by atoms with Gasteiger partial charge in [-0.15, -0.1) is 0 Å². The van der Waals surface area contributed by atoms with Gasteiger partial charge in [-0.05, 0) is 43.9 Å². The molecule has 1 aliphatic rings. The Labute approximate surface area is 136 Å². The number of methoxy groups -OCH3 is 1. The Hall–Kier alpha value is -2.40. The molecular weight excluding hydrogens is 292 g/mol. The maximum atomic E-state index is 5.42. The molecule has 5 nitrogen and oxygen atoms in total. The first-order chi connectivity index (χ1) is 11.2. The molecule has 2 aromatic carbocycles. The predicted octanol–water partition coefficient (Wildman–Crippen LogP) is 3.14. The minimum atomic E-state index is 0.256. The van der Waals surface area contributed by atoms with Crippen molar-refractivity contribution < 1.29 is 14.2 Å². The molecule has 0 aromatic heterocycles. The molecule has 1 unspecified atom stereocenters. The number of anilines is 1. The summed E-state index contributed by atoms with van der Waals surface area (Å²) in [7, 11) is 5.84. The van der Waals surface area contributed by atoms with E-state index in [1.54, 1.807) is 7.11 Å². The Kier molecular flexibility index (Phi) is 4.57. The molecule has 122 valence electrons. The van der Waals surface area contributed by atoms with Crippen LogP contribution in [-0.4, -0.2) is 39.4 Å². The molecule has 1 aliphatic heterocycles. The van der Waals surface area contributed by atoms with Crippen molar-refractivity contribution in [1.29, 1.82) is 0 Å². The summed E-state index contributed by atoms with van der Waals surface area (Å²) < 4.78 is 16.0. The van der Waals surface area contributed by atoms with Gasteiger partial charge in [-0.1, -0.05) is 12.1 Å². The third-order valence-corrected chi connectivity index (χ3v) is 4.00. The summed E-state index contributed by atoms with van der Waals surface area (Å²) >= 11 is 0. The summed E-state index contributed by atoms with van der Waals surface area (Å²) in [4.78, 5) is 2.20. The van der Waals surface area contributed by atoms with Gasteiger partial charge in [-0.2, -0.15) is 0 Å². The number of likely N-dealkylation sites (N-methyl/N-ethyl adjacent to an activating group) is 1. The van der Waals surface area contributed by atoms with E-state index in [1.165, 1.54) is 5.56 Å². The van der Waals surface area contributed by atoms with Crippen molar-refractivity contribution in [3.8, 4) is 17.2 Å². The van der Waals surface area contributed by atoms with Crippen LogP contribution < -0.4 is 19.5 Å². The quantitative estimate of drug-likeness (QED) is 0.887. The average molecular weight is 314 g/mol. The second-order valence-corrected chi connectivity index (χ2v) is 5.70. The zero-order valence-electron chi connectivity index (χ0n) is 13.7. The van der Waals surface area contributed by atoms with E-state index in [0.29, 0.717) is 6.79 Å². The predicted molar refractivity (Wildman–Crippen MR) is 90.5 cm³/mol. The molecular formula is C18H22N2O3. The van der Waals surface area contributed by atoms with Gasteiger partial charge in [-0.25, -0.2) is 0 Å². The van der Waals surface area contributed by atoms with Crippen molar-refractivity contribution in [2.45, 2.75) is 6.04 Å². The fourth-order valence-electron chi connectivity index (χ4n) is 2.65. The fraction of sp³-hybridized carbons (Fsp3) is 0.333. The van der Waals surface area contributed by atoms with Gasteiger partial charge in [0, 0.05) is 18.3 Å². The van der Waals surface area contributed by atoms with E-state index >= 15 is 0 Å². The van der Waals surface area contributed by atoms with Gasteiger partial charge in [0.25, 0.3) is 0 Å². The molecule has 0 spiro atoms. The van der Waals surface area contributed by atoms with Gasteiger partial charge in [0.15, 0.2) is 11.5 Å². The Morgan fingerprint density at radius 1 is 1.09 bits per heavy atom. The molecule has 1 heterocycles. The van der Waals surface area contributed by atoms with Crippen LogP contribution in [0.25, 0.3) is 0 Å². The molecule has 23 heavy (non-hydrogen) atoms. The minimum Gasteiger partial charge on any atom is -0.497 e. The highest BCUT2D eigenvalue weighted by Crippen LogP contribution is 2.34. The Morgan fingerprint density at radius 3 is 2.52 bits per heavy atom. The summed E-state index contributed by atoms with van der Waals surface area (Å²) in [5.74, 6) is 2.46. The molecule has 1 N–H and O–H groups in total. The van der Waals surface area contributed by atoms with E-state index in [0.717, 1.165) is 29.5 Å². The van der Waals surface area contributed by atoms with E-state index in [9.17, 15) is 0 Å². The molecule has 0 amide bonds. The molecule has 0 saturated carbocycles. The molecule has 0 saturated heterocycles. The smallest absolute Gasteiger partial charge is 0.231 e. The van der Waals surface area contributed by atoms with Gasteiger partial charge >= 0.3 is 0 Å². The summed E-state index contributed by atoms with van der Waals surface area (Å²) in [6.45, 7) is 1.09. The van der Waals surface area contributed by atoms with E-state index in [4.69, 9.17) is 14.2 Å². The highest BCUT2D eigenvalue weighted by molar-refractivity contribution is 5.55. The number of hydrogen-bond acceptors (Lipinski definition) is 5. The minimum absolute atomic E-state index is 0.256. The number of benzene rings is 2. The zero-order valence-corrected chi connectivity index (χ0v) is 13.7. The van der Waals surface area contributed by atoms with Crippen molar-refractivity contribution in [2.24, 2.45) is 0 Å². The standard InChI is InChI=1S/C18H22N2O3/c1-20(2)16(13-4-7-15(21-3)8-5-13)11-19-14-6-9-17-18(10-14)23-12-22-17/h4-10,16,19H,11-12H2,1-3H3. The van der Waals surface area contributed by atoms with Crippen molar-refractivity contribution in [3.05, 3.63) is 48.0 Å². The van der Waals surface area contributed by atoms with Gasteiger partial charge < -0.3 is 24.4 Å². The largest absolute Gasteiger partial charge is 0.497 e. The molecule has 1 atom stereocenters. The van der Waals surface area contributed by atoms with Gasteiger partial charge in [-0.3, -0.25) is 0 Å². The maximum absolute atomic E-state index is 5.42. The van der Waals surface area contributed by atoms with Crippen LogP contribution in [0.2, 0.25) is 0 Å². The van der Waals surface area contributed by atoms with Crippen LogP contribution in [0.5, 0.6) is 17.2 Å². The maximum Gasteiger partial charge on any atom is 0.231 e. The van der Waals surface area contributed by atoms with E-state index < -0.39 is 0 Å². The third kappa shape index (κ3) is 3.51. The topological polar surface area (TPSA) is 43.0 Å². The van der Waals surface area contributed by atoms with Crippen molar-refractivity contribution in [1.82, 2.24) is 4.90 Å². The third-order valence-electron chi connectivity index (χ3n) is 4.00. The SMILES string of the molecule is COc1ccc(C(CNc2ccc3c(c2)OCO3)N(C)C)cc1. The van der Waals surface area contributed by atoms with E-state index in [2.05, 4.69) is 36.4 Å². The Morgan fingerprint density at radius 2 is 1.83 bits per heavy atom. The number of nitrogens with one attached hydrogen (secondary N) is 1. The molecule has 5 heteroatoms. The van der Waals surface area contributed by atoms with Crippen LogP contribution in [0.4, 0.5) is 5.69 Å². The Balaban J connectivity index is 1.69. The second-order valence-electron chi connectivity index (χ2n) is 5.70. The van der Waals surface area contributed by atoms with Crippen LogP contribution in [0.15, 0.2) is 42.5 Å². The molecule has 0 fully saturated rings. The van der Waals surface area contributed by atoms with Crippen LogP contribution in [0.3, 0.4) is 0 Å². The molecule has 0 radical (unpaired) electrons. The Bertz CT molecular complexity index is 656. The van der Waals surface area contributed by atoms with Crippen molar-refractivity contribution in [2.75, 3.05) is 39.9 Å². The molecule has 2 aromatic rings. The van der Waals surface area contributed by atoms with E-state index in [-0.39, 0.29) is 6.04 Å². The number of nitrogens with zero attached hydrogens (tertiary/aromatic N) is 1. The van der Waals surface area contributed by atoms with Crippen molar-refractivity contribution in [3.63, 3.8) is 0 Å². The van der Waals surface area contributed by atoms with Crippen LogP contribution in [0, 0.1) is 0 Å². The first-order valence-corrected chi connectivity index (χ1v) is 7.61. The van der Waals surface area contributed by atoms with Gasteiger partial charge in [0.1, 0.15) is 5.75 Å². The normalized spacial score (nSPS) is 13.9. The summed E-state index contributed by atoms with van der Waals surface area (Å²) in [5, 5.41) is 3.47. The monoisotopic (exact) mass is 314 g/mol. The van der Waals surface area contributed by atoms with Crippen LogP contribution in [-0.2, 0) is 0 Å². The van der Waals surface area contributed by atoms with Crippen LogP contribution in [0.1, 0.15) is 11.6 Å². The number of fused-ring (bicyclic) bond motifs is 1. The lowest BCUT2D eigenvalue weighted by molar-refractivity contribution is 0.174. The molecule has 0 bridgehead atoms.